The number of carbonyl (C=O) groups excluding carboxylic acids is 2. The van der Waals surface area contributed by atoms with Crippen LogP contribution in [-0.2, 0) is 4.79 Å². The number of halogens is 2. The summed E-state index contributed by atoms with van der Waals surface area (Å²) in [6.45, 7) is 1.65. The molecule has 2 aromatic heterocycles. The molecule has 0 aliphatic carbocycles. The maximum atomic E-state index is 12.5. The Morgan fingerprint density at radius 1 is 1.23 bits per heavy atom. The number of hydrogen-bond donors (Lipinski definition) is 1. The maximum absolute atomic E-state index is 12.5. The van der Waals surface area contributed by atoms with E-state index in [0.717, 1.165) is 5.69 Å². The first-order valence-electron chi connectivity index (χ1n) is 7.54. The maximum Gasteiger partial charge on any atom is 0.293 e. The highest BCUT2D eigenvalue weighted by Gasteiger charge is 2.20. The summed E-state index contributed by atoms with van der Waals surface area (Å²) in [4.78, 5) is 34.0. The summed E-state index contributed by atoms with van der Waals surface area (Å²) >= 11 is 11.7. The number of nitrogens with one attached hydrogen (secondary N) is 1. The van der Waals surface area contributed by atoms with E-state index in [4.69, 9.17) is 23.2 Å². The van der Waals surface area contributed by atoms with Crippen molar-refractivity contribution >= 4 is 46.5 Å². The van der Waals surface area contributed by atoms with Crippen LogP contribution in [0, 0.1) is 6.92 Å². The van der Waals surface area contributed by atoms with Crippen LogP contribution >= 0.6 is 23.2 Å². The molecule has 0 fully saturated rings. The smallest absolute Gasteiger partial charge is 0.293 e. The molecule has 0 atom stereocenters. The molecule has 8 nitrogen and oxygen atoms in total. The topological polar surface area (TPSA) is 92.5 Å². The average molecular weight is 393 g/mol. The van der Waals surface area contributed by atoms with E-state index >= 15 is 0 Å². The van der Waals surface area contributed by atoms with Gasteiger partial charge in [0.05, 0.1) is 16.6 Å². The monoisotopic (exact) mass is 392 g/mol. The van der Waals surface area contributed by atoms with Crippen LogP contribution in [0.3, 0.4) is 0 Å². The van der Waals surface area contributed by atoms with Crippen molar-refractivity contribution in [1.82, 2.24) is 24.5 Å². The molecular weight excluding hydrogens is 379 g/mol. The molecule has 3 rings (SSSR count). The van der Waals surface area contributed by atoms with E-state index in [-0.39, 0.29) is 12.4 Å². The lowest BCUT2D eigenvalue weighted by Gasteiger charge is -2.15. The van der Waals surface area contributed by atoms with Gasteiger partial charge in [0.25, 0.3) is 11.7 Å². The van der Waals surface area contributed by atoms with Crippen molar-refractivity contribution in [2.24, 2.45) is 0 Å². The van der Waals surface area contributed by atoms with Crippen molar-refractivity contribution in [3.63, 3.8) is 0 Å². The van der Waals surface area contributed by atoms with Crippen LogP contribution in [0.1, 0.15) is 16.3 Å². The highest BCUT2D eigenvalue weighted by molar-refractivity contribution is 6.42. The van der Waals surface area contributed by atoms with Crippen molar-refractivity contribution in [3.8, 4) is 0 Å². The van der Waals surface area contributed by atoms with E-state index in [1.54, 1.807) is 24.4 Å². The van der Waals surface area contributed by atoms with Gasteiger partial charge in [-0.2, -0.15) is 4.98 Å². The molecule has 0 saturated heterocycles. The number of fused-ring (bicyclic) bond motifs is 1. The zero-order chi connectivity index (χ0) is 18.8. The van der Waals surface area contributed by atoms with Crippen LogP contribution in [0.15, 0.2) is 30.5 Å². The molecule has 1 aromatic carbocycles. The van der Waals surface area contributed by atoms with Crippen LogP contribution < -0.4 is 5.32 Å². The molecule has 1 N–H and O–H groups in total. The lowest BCUT2D eigenvalue weighted by Crippen LogP contribution is -2.35. The van der Waals surface area contributed by atoms with Gasteiger partial charge in [0.15, 0.2) is 0 Å². The summed E-state index contributed by atoms with van der Waals surface area (Å²) in [5, 5.41) is 7.49. The second-order valence-corrected chi connectivity index (χ2v) is 6.39. The lowest BCUT2D eigenvalue weighted by atomic mass is 10.3. The molecule has 0 unspecified atom stereocenters. The summed E-state index contributed by atoms with van der Waals surface area (Å²) in [7, 11) is 1.49. The van der Waals surface area contributed by atoms with Crippen LogP contribution in [0.2, 0.25) is 10.0 Å². The molecular formula is C16H14Cl2N6O2. The lowest BCUT2D eigenvalue weighted by molar-refractivity contribution is -0.116. The molecule has 10 heteroatoms. The first-order chi connectivity index (χ1) is 12.3. The van der Waals surface area contributed by atoms with Gasteiger partial charge in [-0.15, -0.1) is 5.10 Å². The second-order valence-electron chi connectivity index (χ2n) is 5.57. The summed E-state index contributed by atoms with van der Waals surface area (Å²) in [6, 6.07) is 6.47. The van der Waals surface area contributed by atoms with E-state index in [2.05, 4.69) is 20.4 Å². The third kappa shape index (κ3) is 3.76. The van der Waals surface area contributed by atoms with Crippen LogP contribution in [-0.4, -0.2) is 49.9 Å². The van der Waals surface area contributed by atoms with Crippen LogP contribution in [0.25, 0.3) is 5.78 Å². The standard InChI is InChI=1S/C16H14Cl2N6O2/c1-9-5-6-19-16-21-14(22-24(9)16)15(26)23(2)8-13(25)20-10-3-4-11(17)12(18)7-10/h3-7H,8H2,1-2H3,(H,20,25). The Balaban J connectivity index is 1.68. The molecule has 2 amide bonds. The quantitative estimate of drug-likeness (QED) is 0.735. The highest BCUT2D eigenvalue weighted by atomic mass is 35.5. The number of likely N-dealkylation sites (N-methyl/N-ethyl adjacent to an activating group) is 1. The Labute approximate surface area is 158 Å². The van der Waals surface area contributed by atoms with Gasteiger partial charge < -0.3 is 10.2 Å². The highest BCUT2D eigenvalue weighted by Crippen LogP contribution is 2.24. The molecule has 0 bridgehead atoms. The molecule has 0 spiro atoms. The zero-order valence-electron chi connectivity index (χ0n) is 13.9. The Bertz CT molecular complexity index is 1000. The van der Waals surface area contributed by atoms with Gasteiger partial charge in [0.2, 0.25) is 11.7 Å². The Morgan fingerprint density at radius 2 is 2.00 bits per heavy atom. The van der Waals surface area contributed by atoms with Crippen molar-refractivity contribution in [2.75, 3.05) is 18.9 Å². The van der Waals surface area contributed by atoms with Crippen molar-refractivity contribution in [3.05, 3.63) is 52.0 Å². The first kappa shape index (κ1) is 18.1. The number of aromatic nitrogens is 4. The number of nitrogens with zero attached hydrogens (tertiary/aromatic N) is 5. The Hall–Kier alpha value is -2.71. The molecule has 26 heavy (non-hydrogen) atoms. The predicted octanol–water partition coefficient (Wildman–Crippen LogP) is 2.45. The molecule has 0 saturated carbocycles. The van der Waals surface area contributed by atoms with Crippen molar-refractivity contribution in [2.45, 2.75) is 6.92 Å². The Kier molecular flexibility index (Phi) is 5.06. The van der Waals surface area contributed by atoms with Gasteiger partial charge in [-0.25, -0.2) is 9.50 Å². The number of benzene rings is 1. The van der Waals surface area contributed by atoms with E-state index in [9.17, 15) is 9.59 Å². The molecule has 134 valence electrons. The van der Waals surface area contributed by atoms with Gasteiger partial charge in [0, 0.05) is 24.6 Å². The fourth-order valence-corrected chi connectivity index (χ4v) is 2.53. The van der Waals surface area contributed by atoms with Crippen molar-refractivity contribution in [1.29, 1.82) is 0 Å². The first-order valence-corrected chi connectivity index (χ1v) is 8.29. The summed E-state index contributed by atoms with van der Waals surface area (Å²) in [5.74, 6) is -0.588. The van der Waals surface area contributed by atoms with Gasteiger partial charge in [-0.05, 0) is 31.2 Å². The minimum absolute atomic E-state index is 0.0309. The zero-order valence-corrected chi connectivity index (χ0v) is 15.4. The summed E-state index contributed by atoms with van der Waals surface area (Å²) in [5.41, 5.74) is 1.28. The Morgan fingerprint density at radius 3 is 2.69 bits per heavy atom. The summed E-state index contributed by atoms with van der Waals surface area (Å²) in [6.07, 6.45) is 1.59. The molecule has 0 radical (unpaired) electrons. The average Bonchev–Trinajstić information content (AvgIpc) is 3.03. The number of amides is 2. The number of rotatable bonds is 4. The second kappa shape index (κ2) is 7.27. The van der Waals surface area contributed by atoms with Gasteiger partial charge in [-0.1, -0.05) is 23.2 Å². The molecule has 2 heterocycles. The number of aryl methyl sites for hydroxylation is 1. The van der Waals surface area contributed by atoms with E-state index in [1.165, 1.54) is 22.5 Å². The van der Waals surface area contributed by atoms with Gasteiger partial charge in [-0.3, -0.25) is 9.59 Å². The van der Waals surface area contributed by atoms with Crippen LogP contribution in [0.5, 0.6) is 0 Å². The normalized spacial score (nSPS) is 10.8. The molecule has 3 aromatic rings. The SMILES string of the molecule is Cc1ccnc2nc(C(=O)N(C)CC(=O)Nc3ccc(Cl)c(Cl)c3)nn12. The third-order valence-corrected chi connectivity index (χ3v) is 4.29. The minimum atomic E-state index is -0.487. The van der Waals surface area contributed by atoms with E-state index < -0.39 is 11.8 Å². The molecule has 0 aliphatic heterocycles. The van der Waals surface area contributed by atoms with E-state index in [1.807, 2.05) is 6.92 Å². The van der Waals surface area contributed by atoms with E-state index in [0.29, 0.717) is 21.5 Å². The number of hydrogen-bond acceptors (Lipinski definition) is 5. The summed E-state index contributed by atoms with van der Waals surface area (Å²) < 4.78 is 1.47. The largest absolute Gasteiger partial charge is 0.330 e. The third-order valence-electron chi connectivity index (χ3n) is 3.55. The minimum Gasteiger partial charge on any atom is -0.330 e. The predicted molar refractivity (Wildman–Crippen MR) is 97.6 cm³/mol. The van der Waals surface area contributed by atoms with Crippen LogP contribution in [0.4, 0.5) is 5.69 Å². The number of anilines is 1. The van der Waals surface area contributed by atoms with Gasteiger partial charge >= 0.3 is 0 Å². The fraction of sp³-hybridized carbons (Fsp3) is 0.188. The fourth-order valence-electron chi connectivity index (χ4n) is 2.23. The number of carbonyl (C=O) groups is 2. The van der Waals surface area contributed by atoms with Crippen molar-refractivity contribution < 1.29 is 9.59 Å². The van der Waals surface area contributed by atoms with Gasteiger partial charge in [0.1, 0.15) is 0 Å². The molecule has 0 aliphatic rings.